The predicted octanol–water partition coefficient (Wildman–Crippen LogP) is 5.51. The summed E-state index contributed by atoms with van der Waals surface area (Å²) in [7, 11) is 0. The maximum Gasteiger partial charge on any atom is 0.326 e. The molecule has 0 radical (unpaired) electrons. The number of rotatable bonds is 11. The SMILES string of the molecule is CC(C)(CCNc1ccccn1)Nc1ccc(C[C@H](NC(=O)c2c(Cl)cccc2Cl)C(=O)O)cc1. The highest BCUT2D eigenvalue weighted by molar-refractivity contribution is 6.39. The molecule has 184 valence electrons. The zero-order chi connectivity index (χ0) is 25.4. The largest absolute Gasteiger partial charge is 0.480 e. The van der Waals surface area contributed by atoms with Crippen LogP contribution in [0.25, 0.3) is 0 Å². The minimum absolute atomic E-state index is 0.0569. The number of hydrogen-bond acceptors (Lipinski definition) is 5. The third-order valence-electron chi connectivity index (χ3n) is 5.39. The number of carbonyl (C=O) groups is 2. The van der Waals surface area contributed by atoms with Gasteiger partial charge in [-0.05, 0) is 62.2 Å². The first kappa shape index (κ1) is 26.3. The monoisotopic (exact) mass is 514 g/mol. The summed E-state index contributed by atoms with van der Waals surface area (Å²) in [5.74, 6) is -0.942. The van der Waals surface area contributed by atoms with Gasteiger partial charge in [-0.15, -0.1) is 0 Å². The smallest absolute Gasteiger partial charge is 0.326 e. The van der Waals surface area contributed by atoms with Crippen molar-refractivity contribution in [2.24, 2.45) is 0 Å². The molecular weight excluding hydrogens is 487 g/mol. The van der Waals surface area contributed by atoms with E-state index in [1.54, 1.807) is 12.3 Å². The van der Waals surface area contributed by atoms with Crippen molar-refractivity contribution in [3.63, 3.8) is 0 Å². The van der Waals surface area contributed by atoms with Gasteiger partial charge in [-0.1, -0.05) is 47.5 Å². The Morgan fingerprint density at radius 3 is 2.29 bits per heavy atom. The van der Waals surface area contributed by atoms with Gasteiger partial charge in [-0.25, -0.2) is 9.78 Å². The molecule has 0 aliphatic carbocycles. The van der Waals surface area contributed by atoms with Crippen LogP contribution < -0.4 is 16.0 Å². The molecule has 0 fully saturated rings. The molecule has 2 aromatic carbocycles. The Bertz CT molecular complexity index is 1130. The van der Waals surface area contributed by atoms with Crippen LogP contribution in [0.5, 0.6) is 0 Å². The van der Waals surface area contributed by atoms with Crippen LogP contribution in [0.2, 0.25) is 10.0 Å². The zero-order valence-corrected chi connectivity index (χ0v) is 21.0. The van der Waals surface area contributed by atoms with E-state index in [1.165, 1.54) is 12.1 Å². The van der Waals surface area contributed by atoms with Gasteiger partial charge in [0, 0.05) is 30.4 Å². The van der Waals surface area contributed by atoms with Gasteiger partial charge in [0.05, 0.1) is 15.6 Å². The summed E-state index contributed by atoms with van der Waals surface area (Å²) < 4.78 is 0. The lowest BCUT2D eigenvalue weighted by atomic mass is 9.99. The second-order valence-corrected chi connectivity index (χ2v) is 9.58. The highest BCUT2D eigenvalue weighted by Crippen LogP contribution is 2.24. The highest BCUT2D eigenvalue weighted by Gasteiger charge is 2.24. The number of halogens is 2. The molecule has 0 aliphatic heterocycles. The van der Waals surface area contributed by atoms with E-state index in [-0.39, 0.29) is 27.6 Å². The lowest BCUT2D eigenvalue weighted by molar-refractivity contribution is -0.139. The van der Waals surface area contributed by atoms with E-state index in [1.807, 2.05) is 42.5 Å². The molecule has 35 heavy (non-hydrogen) atoms. The van der Waals surface area contributed by atoms with E-state index in [0.29, 0.717) is 0 Å². The van der Waals surface area contributed by atoms with Gasteiger partial charge in [-0.2, -0.15) is 0 Å². The minimum atomic E-state index is -1.15. The number of aromatic nitrogens is 1. The average Bonchev–Trinajstić information content (AvgIpc) is 2.80. The molecule has 0 spiro atoms. The normalized spacial score (nSPS) is 12.0. The number of anilines is 2. The summed E-state index contributed by atoms with van der Waals surface area (Å²) in [6.45, 7) is 4.97. The molecular formula is C26H28Cl2N4O3. The zero-order valence-electron chi connectivity index (χ0n) is 19.5. The van der Waals surface area contributed by atoms with Gasteiger partial charge in [0.1, 0.15) is 11.9 Å². The first-order valence-corrected chi connectivity index (χ1v) is 11.9. The molecule has 0 unspecified atom stereocenters. The van der Waals surface area contributed by atoms with E-state index >= 15 is 0 Å². The predicted molar refractivity (Wildman–Crippen MR) is 141 cm³/mol. The van der Waals surface area contributed by atoms with Crippen molar-refractivity contribution in [3.8, 4) is 0 Å². The molecule has 1 aromatic heterocycles. The number of hydrogen-bond donors (Lipinski definition) is 4. The Kier molecular flexibility index (Phi) is 8.95. The number of nitrogens with one attached hydrogen (secondary N) is 3. The lowest BCUT2D eigenvalue weighted by Gasteiger charge is -2.28. The standard InChI is InChI=1S/C26H28Cl2N4O3/c1-26(2,13-15-30-22-8-3-4-14-29-22)32-18-11-9-17(10-12-18)16-21(25(34)35)31-24(33)23-19(27)6-5-7-20(23)28/h3-12,14,21,32H,13,15-16H2,1-2H3,(H,29,30)(H,31,33)(H,34,35)/t21-/m0/s1. The average molecular weight is 515 g/mol. The number of carboxylic acids is 1. The highest BCUT2D eigenvalue weighted by atomic mass is 35.5. The lowest BCUT2D eigenvalue weighted by Crippen LogP contribution is -2.42. The summed E-state index contributed by atoms with van der Waals surface area (Å²) in [5, 5.41) is 19.3. The number of nitrogens with zero attached hydrogens (tertiary/aromatic N) is 1. The molecule has 0 saturated heterocycles. The fourth-order valence-electron chi connectivity index (χ4n) is 3.53. The van der Waals surface area contributed by atoms with Crippen LogP contribution in [0.15, 0.2) is 66.9 Å². The van der Waals surface area contributed by atoms with Crippen molar-refractivity contribution >= 4 is 46.6 Å². The first-order valence-electron chi connectivity index (χ1n) is 11.1. The second kappa shape index (κ2) is 11.9. The Hall–Kier alpha value is -3.29. The van der Waals surface area contributed by atoms with Crippen molar-refractivity contribution in [2.45, 2.75) is 38.3 Å². The van der Waals surface area contributed by atoms with Crippen LogP contribution in [-0.2, 0) is 11.2 Å². The van der Waals surface area contributed by atoms with E-state index in [4.69, 9.17) is 23.2 Å². The molecule has 0 bridgehead atoms. The topological polar surface area (TPSA) is 103 Å². The summed E-state index contributed by atoms with van der Waals surface area (Å²) in [5.41, 5.74) is 1.55. The van der Waals surface area contributed by atoms with Crippen molar-refractivity contribution in [3.05, 3.63) is 88.0 Å². The molecule has 3 aromatic rings. The number of aliphatic carboxylic acids is 1. The third kappa shape index (κ3) is 7.87. The van der Waals surface area contributed by atoms with E-state index in [0.717, 1.165) is 30.0 Å². The minimum Gasteiger partial charge on any atom is -0.480 e. The molecule has 1 heterocycles. The van der Waals surface area contributed by atoms with Gasteiger partial charge in [0.2, 0.25) is 0 Å². The maximum absolute atomic E-state index is 12.6. The fraction of sp³-hybridized carbons (Fsp3) is 0.269. The second-order valence-electron chi connectivity index (χ2n) is 8.76. The van der Waals surface area contributed by atoms with Crippen molar-refractivity contribution in [1.82, 2.24) is 10.3 Å². The molecule has 1 amide bonds. The van der Waals surface area contributed by atoms with E-state index in [9.17, 15) is 14.7 Å². The number of pyridine rings is 1. The van der Waals surface area contributed by atoms with E-state index in [2.05, 4.69) is 34.8 Å². The summed E-state index contributed by atoms with van der Waals surface area (Å²) in [6, 6.07) is 16.8. The summed E-state index contributed by atoms with van der Waals surface area (Å²) in [6.07, 6.45) is 2.71. The molecule has 9 heteroatoms. The molecule has 4 N–H and O–H groups in total. The number of amides is 1. The van der Waals surface area contributed by atoms with Gasteiger partial charge in [0.15, 0.2) is 0 Å². The van der Waals surface area contributed by atoms with Crippen molar-refractivity contribution in [2.75, 3.05) is 17.2 Å². The van der Waals surface area contributed by atoms with Crippen LogP contribution in [0.1, 0.15) is 36.2 Å². The number of carbonyl (C=O) groups excluding carboxylic acids is 1. The van der Waals surface area contributed by atoms with Crippen molar-refractivity contribution < 1.29 is 14.7 Å². The maximum atomic E-state index is 12.6. The van der Waals surface area contributed by atoms with E-state index < -0.39 is 17.9 Å². The van der Waals surface area contributed by atoms with Crippen LogP contribution in [0, 0.1) is 0 Å². The van der Waals surface area contributed by atoms with Crippen LogP contribution in [0.3, 0.4) is 0 Å². The molecule has 3 rings (SSSR count). The Balaban J connectivity index is 1.57. The first-order chi connectivity index (χ1) is 16.6. The summed E-state index contributed by atoms with van der Waals surface area (Å²) in [4.78, 5) is 28.7. The van der Waals surface area contributed by atoms with Gasteiger partial charge >= 0.3 is 5.97 Å². The van der Waals surface area contributed by atoms with Crippen LogP contribution in [0.4, 0.5) is 11.5 Å². The van der Waals surface area contributed by atoms with Crippen LogP contribution in [-0.4, -0.2) is 40.1 Å². The van der Waals surface area contributed by atoms with Gasteiger partial charge < -0.3 is 21.1 Å². The third-order valence-corrected chi connectivity index (χ3v) is 6.02. The Morgan fingerprint density at radius 1 is 1.00 bits per heavy atom. The number of carboxylic acid groups (broad SMARTS) is 1. The molecule has 7 nitrogen and oxygen atoms in total. The Labute approximate surface area is 214 Å². The number of benzene rings is 2. The Morgan fingerprint density at radius 2 is 1.69 bits per heavy atom. The molecule has 1 atom stereocenters. The summed E-state index contributed by atoms with van der Waals surface area (Å²) >= 11 is 12.1. The van der Waals surface area contributed by atoms with Crippen molar-refractivity contribution in [1.29, 1.82) is 0 Å². The fourth-order valence-corrected chi connectivity index (χ4v) is 4.10. The molecule has 0 saturated carbocycles. The van der Waals surface area contributed by atoms with Gasteiger partial charge in [-0.3, -0.25) is 4.79 Å². The molecule has 0 aliphatic rings. The quantitative estimate of drug-likeness (QED) is 0.269. The van der Waals surface area contributed by atoms with Gasteiger partial charge in [0.25, 0.3) is 5.91 Å². The van der Waals surface area contributed by atoms with Crippen LogP contribution >= 0.6 is 23.2 Å².